The first-order valence-electron chi connectivity index (χ1n) is 9.43. The molecule has 3 atom stereocenters. The first-order chi connectivity index (χ1) is 12.2. The number of carbonyl (C=O) groups excluding carboxylic acids is 1. The van der Waals surface area contributed by atoms with E-state index in [1.807, 2.05) is 27.8 Å². The second-order valence-corrected chi connectivity index (χ2v) is 7.75. The number of hydrogen-bond donors (Lipinski definition) is 1. The number of carbonyl (C=O) groups is 1. The van der Waals surface area contributed by atoms with Gasteiger partial charge < -0.3 is 10.6 Å². The molecule has 0 bridgehead atoms. The molecule has 5 nitrogen and oxygen atoms in total. The van der Waals surface area contributed by atoms with Crippen molar-refractivity contribution in [2.24, 2.45) is 17.6 Å². The predicted octanol–water partition coefficient (Wildman–Crippen LogP) is 2.59. The highest BCUT2D eigenvalue weighted by Crippen LogP contribution is 2.38. The summed E-state index contributed by atoms with van der Waals surface area (Å²) in [7, 11) is 0. The number of likely N-dealkylation sites (tertiary alicyclic amines) is 1. The lowest BCUT2D eigenvalue weighted by Gasteiger charge is -2.18. The van der Waals surface area contributed by atoms with E-state index in [0.717, 1.165) is 56.4 Å². The van der Waals surface area contributed by atoms with Crippen LogP contribution in [0, 0.1) is 11.8 Å². The normalized spacial score (nSPS) is 26.5. The second kappa shape index (κ2) is 6.71. The van der Waals surface area contributed by atoms with Gasteiger partial charge in [-0.3, -0.25) is 4.79 Å². The van der Waals surface area contributed by atoms with Gasteiger partial charge in [0.25, 0.3) is 5.91 Å². The summed E-state index contributed by atoms with van der Waals surface area (Å²) in [6.07, 6.45) is 5.34. The average Bonchev–Trinajstić information content (AvgIpc) is 3.37. The highest BCUT2D eigenvalue weighted by molar-refractivity contribution is 5.94. The molecule has 2 aliphatic carbocycles. The van der Waals surface area contributed by atoms with Crippen LogP contribution in [0.2, 0.25) is 0 Å². The summed E-state index contributed by atoms with van der Waals surface area (Å²) in [5, 5.41) is 4.75. The number of benzene rings is 1. The smallest absolute Gasteiger partial charge is 0.274 e. The van der Waals surface area contributed by atoms with E-state index in [1.54, 1.807) is 0 Å². The van der Waals surface area contributed by atoms with Crippen LogP contribution < -0.4 is 5.73 Å². The fourth-order valence-corrected chi connectivity index (χ4v) is 5.02. The van der Waals surface area contributed by atoms with E-state index in [0.29, 0.717) is 17.5 Å². The van der Waals surface area contributed by atoms with Gasteiger partial charge in [0.05, 0.1) is 5.69 Å². The van der Waals surface area contributed by atoms with Crippen LogP contribution in [0.15, 0.2) is 30.3 Å². The van der Waals surface area contributed by atoms with Gasteiger partial charge in [-0.1, -0.05) is 18.2 Å². The Balaban J connectivity index is 0.00000168. The first-order valence-corrected chi connectivity index (χ1v) is 9.43. The summed E-state index contributed by atoms with van der Waals surface area (Å²) in [6.45, 7) is 1.65. The summed E-state index contributed by atoms with van der Waals surface area (Å²) >= 11 is 0. The van der Waals surface area contributed by atoms with Gasteiger partial charge in [0, 0.05) is 30.4 Å². The zero-order valence-electron chi connectivity index (χ0n) is 14.8. The molecular formula is C20H25ClN4O. The van der Waals surface area contributed by atoms with Gasteiger partial charge >= 0.3 is 0 Å². The second-order valence-electron chi connectivity index (χ2n) is 7.75. The molecule has 0 radical (unpaired) electrons. The molecule has 2 fully saturated rings. The van der Waals surface area contributed by atoms with Crippen LogP contribution in [0.4, 0.5) is 0 Å². The summed E-state index contributed by atoms with van der Waals surface area (Å²) in [5.41, 5.74) is 10.3. The van der Waals surface area contributed by atoms with Gasteiger partial charge in [-0.25, -0.2) is 4.68 Å². The van der Waals surface area contributed by atoms with E-state index >= 15 is 0 Å². The molecule has 1 saturated heterocycles. The van der Waals surface area contributed by atoms with Gasteiger partial charge in [0.1, 0.15) is 0 Å². The lowest BCUT2D eigenvalue weighted by Crippen LogP contribution is -2.34. The highest BCUT2D eigenvalue weighted by Gasteiger charge is 2.43. The summed E-state index contributed by atoms with van der Waals surface area (Å²) in [5.74, 6) is 1.17. The minimum atomic E-state index is 0. The van der Waals surface area contributed by atoms with Gasteiger partial charge in [0.2, 0.25) is 0 Å². The van der Waals surface area contributed by atoms with Crippen LogP contribution in [0.5, 0.6) is 0 Å². The molecule has 1 aliphatic heterocycles. The molecule has 0 spiro atoms. The van der Waals surface area contributed by atoms with Crippen molar-refractivity contribution in [3.8, 4) is 5.69 Å². The molecule has 2 aromatic rings. The van der Waals surface area contributed by atoms with Crippen molar-refractivity contribution >= 4 is 18.3 Å². The predicted molar refractivity (Wildman–Crippen MR) is 103 cm³/mol. The van der Waals surface area contributed by atoms with Crippen LogP contribution in [0.3, 0.4) is 0 Å². The molecule has 3 unspecified atom stereocenters. The topological polar surface area (TPSA) is 64.2 Å². The Morgan fingerprint density at radius 1 is 1.12 bits per heavy atom. The number of nitrogens with zero attached hydrogens (tertiary/aromatic N) is 3. The number of nitrogens with two attached hydrogens (primary N) is 1. The maximum Gasteiger partial charge on any atom is 0.274 e. The van der Waals surface area contributed by atoms with Gasteiger partial charge in [-0.05, 0) is 56.1 Å². The largest absolute Gasteiger partial charge is 0.337 e. The van der Waals surface area contributed by atoms with Crippen LogP contribution in [0.25, 0.3) is 5.69 Å². The Bertz CT molecular complexity index is 819. The third kappa shape index (κ3) is 2.65. The molecule has 5 rings (SSSR count). The van der Waals surface area contributed by atoms with Gasteiger partial charge in [-0.15, -0.1) is 12.4 Å². The quantitative estimate of drug-likeness (QED) is 0.881. The monoisotopic (exact) mass is 372 g/mol. The van der Waals surface area contributed by atoms with Crippen LogP contribution in [0.1, 0.15) is 41.0 Å². The van der Waals surface area contributed by atoms with E-state index in [9.17, 15) is 4.79 Å². The number of hydrogen-bond acceptors (Lipinski definition) is 3. The van der Waals surface area contributed by atoms with Gasteiger partial charge in [-0.2, -0.15) is 5.10 Å². The summed E-state index contributed by atoms with van der Waals surface area (Å²) in [6, 6.07) is 10.4. The molecule has 1 aromatic carbocycles. The molecule has 1 aromatic heterocycles. The third-order valence-corrected chi connectivity index (χ3v) is 6.33. The van der Waals surface area contributed by atoms with E-state index in [4.69, 9.17) is 10.8 Å². The number of halogens is 1. The van der Waals surface area contributed by atoms with E-state index in [1.165, 1.54) is 5.69 Å². The molecule has 138 valence electrons. The minimum Gasteiger partial charge on any atom is -0.337 e. The Morgan fingerprint density at radius 3 is 2.69 bits per heavy atom. The van der Waals surface area contributed by atoms with E-state index in [-0.39, 0.29) is 24.4 Å². The highest BCUT2D eigenvalue weighted by atomic mass is 35.5. The molecule has 6 heteroatoms. The lowest BCUT2D eigenvalue weighted by atomic mass is 9.98. The van der Waals surface area contributed by atoms with Crippen molar-refractivity contribution in [3.05, 3.63) is 47.3 Å². The standard InChI is InChI=1S/C20H24N4O.ClH/c21-17-10-9-13-11-23(12-16(13)17)20(25)19-15-7-4-8-18(15)24(22-19)14-5-2-1-3-6-14;/h1-3,5-6,13,16-17H,4,7-12,21H2;1H. The molecule has 2 heterocycles. The number of amides is 1. The molecule has 1 saturated carbocycles. The first kappa shape index (κ1) is 17.6. The van der Waals surface area contributed by atoms with Crippen molar-refractivity contribution in [3.63, 3.8) is 0 Å². The van der Waals surface area contributed by atoms with E-state index < -0.39 is 0 Å². The SMILES string of the molecule is Cl.NC1CCC2CN(C(=O)c3nn(-c4ccccc4)c4c3CCC4)CC12. The molecule has 2 N–H and O–H groups in total. The van der Waals surface area contributed by atoms with Crippen LogP contribution in [-0.4, -0.2) is 39.7 Å². The minimum absolute atomic E-state index is 0. The number of fused-ring (bicyclic) bond motifs is 2. The van der Waals surface area contributed by atoms with Crippen molar-refractivity contribution in [2.75, 3.05) is 13.1 Å². The maximum atomic E-state index is 13.2. The van der Waals surface area contributed by atoms with E-state index in [2.05, 4.69) is 12.1 Å². The van der Waals surface area contributed by atoms with Crippen molar-refractivity contribution in [1.82, 2.24) is 14.7 Å². The molecule has 1 amide bonds. The fourth-order valence-electron chi connectivity index (χ4n) is 5.02. The lowest BCUT2D eigenvalue weighted by molar-refractivity contribution is 0.0772. The third-order valence-electron chi connectivity index (χ3n) is 6.33. The molecule has 3 aliphatic rings. The number of rotatable bonds is 2. The molecular weight excluding hydrogens is 348 g/mol. The van der Waals surface area contributed by atoms with Crippen molar-refractivity contribution < 1.29 is 4.79 Å². The maximum absolute atomic E-state index is 13.2. The Morgan fingerprint density at radius 2 is 1.92 bits per heavy atom. The molecule has 26 heavy (non-hydrogen) atoms. The average molecular weight is 373 g/mol. The Hall–Kier alpha value is -1.85. The Labute approximate surface area is 160 Å². The Kier molecular flexibility index (Phi) is 4.53. The number of aromatic nitrogens is 2. The van der Waals surface area contributed by atoms with Gasteiger partial charge in [0.15, 0.2) is 5.69 Å². The number of para-hydroxylation sites is 1. The van der Waals surface area contributed by atoms with Crippen molar-refractivity contribution in [2.45, 2.75) is 38.1 Å². The van der Waals surface area contributed by atoms with Crippen molar-refractivity contribution in [1.29, 1.82) is 0 Å². The summed E-state index contributed by atoms with van der Waals surface area (Å²) in [4.78, 5) is 15.2. The summed E-state index contributed by atoms with van der Waals surface area (Å²) < 4.78 is 1.98. The fraction of sp³-hybridized carbons (Fsp3) is 0.500. The zero-order valence-corrected chi connectivity index (χ0v) is 15.6. The zero-order chi connectivity index (χ0) is 17.0. The van der Waals surface area contributed by atoms with Crippen LogP contribution in [-0.2, 0) is 12.8 Å². The van der Waals surface area contributed by atoms with Crippen LogP contribution >= 0.6 is 12.4 Å².